The highest BCUT2D eigenvalue weighted by Crippen LogP contribution is 2.61. The largest absolute Gasteiger partial charge is 0.325 e. The van der Waals surface area contributed by atoms with Crippen LogP contribution in [-0.4, -0.2) is 12.2 Å². The van der Waals surface area contributed by atoms with Crippen molar-refractivity contribution in [2.24, 2.45) is 17.8 Å². The quantitative estimate of drug-likeness (QED) is 0.285. The lowest BCUT2D eigenvalue weighted by Gasteiger charge is -2.51. The molecule has 3 heterocycles. The van der Waals surface area contributed by atoms with Gasteiger partial charge in [0, 0.05) is 23.0 Å². The maximum absolute atomic E-state index is 7.39. The van der Waals surface area contributed by atoms with Crippen LogP contribution in [0.3, 0.4) is 0 Å². The summed E-state index contributed by atoms with van der Waals surface area (Å²) in [6.45, 7) is 21.0. The van der Waals surface area contributed by atoms with Gasteiger partial charge in [0.05, 0.1) is 23.9 Å². The van der Waals surface area contributed by atoms with E-state index in [2.05, 4.69) is 128 Å². The summed E-state index contributed by atoms with van der Waals surface area (Å²) in [5, 5.41) is 0. The highest BCUT2D eigenvalue weighted by molar-refractivity contribution is 5.91. The molecule has 4 aliphatic rings. The number of allylic oxidation sites excluding steroid dienone is 1. The summed E-state index contributed by atoms with van der Waals surface area (Å²) >= 11 is 0. The zero-order valence-corrected chi connectivity index (χ0v) is 28.3. The van der Waals surface area contributed by atoms with Gasteiger partial charge in [-0.15, -0.1) is 0 Å². The van der Waals surface area contributed by atoms with E-state index in [1.165, 1.54) is 55.8 Å². The van der Waals surface area contributed by atoms with E-state index in [0.717, 1.165) is 25.7 Å². The highest BCUT2D eigenvalue weighted by atomic mass is 16.7. The van der Waals surface area contributed by atoms with Gasteiger partial charge < -0.3 is 14.4 Å². The van der Waals surface area contributed by atoms with Gasteiger partial charge in [0.15, 0.2) is 0 Å². The number of benzene rings is 3. The van der Waals surface area contributed by atoms with Crippen molar-refractivity contribution in [1.29, 1.82) is 0 Å². The van der Waals surface area contributed by atoms with Crippen LogP contribution in [0.25, 0.3) is 16.7 Å². The normalized spacial score (nSPS) is 26.1. The second kappa shape index (κ2) is 10.6. The topological polar surface area (TPSA) is 21.7 Å². The Balaban J connectivity index is 1.49. The van der Waals surface area contributed by atoms with Gasteiger partial charge in [0.1, 0.15) is 0 Å². The smallest absolute Gasteiger partial charge is 0.282 e. The third-order valence-corrected chi connectivity index (χ3v) is 10.5. The molecule has 1 spiro atoms. The van der Waals surface area contributed by atoms with Gasteiger partial charge in [-0.3, -0.25) is 0 Å². The van der Waals surface area contributed by atoms with E-state index in [0.29, 0.717) is 17.8 Å². The molecule has 7 rings (SSSR count). The molecule has 0 saturated carbocycles. The fourth-order valence-corrected chi connectivity index (χ4v) is 8.80. The molecule has 3 nitrogen and oxygen atoms in total. The number of nitrogens with zero attached hydrogens (tertiary/aromatic N) is 1. The number of ether oxygens (including phenoxy) is 2. The maximum Gasteiger partial charge on any atom is 0.282 e. The Kier molecular flexibility index (Phi) is 7.18. The van der Waals surface area contributed by atoms with Crippen molar-refractivity contribution < 1.29 is 9.47 Å². The molecule has 3 aliphatic heterocycles. The summed E-state index contributed by atoms with van der Waals surface area (Å²) < 4.78 is 14.8. The molecule has 0 bridgehead atoms. The molecule has 0 N–H and O–H groups in total. The second-order valence-electron chi connectivity index (χ2n) is 15.8. The van der Waals surface area contributed by atoms with Crippen LogP contribution in [0.5, 0.6) is 0 Å². The van der Waals surface area contributed by atoms with Crippen LogP contribution < -0.4 is 4.90 Å². The fraction of sp³-hybridized carbons (Fsp3) is 0.512. The van der Waals surface area contributed by atoms with E-state index in [9.17, 15) is 0 Å². The van der Waals surface area contributed by atoms with Gasteiger partial charge in [0.2, 0.25) is 0 Å². The minimum absolute atomic E-state index is 0.0647. The Morgan fingerprint density at radius 1 is 0.750 bits per heavy atom. The average Bonchev–Trinajstić information content (AvgIpc) is 3.32. The number of rotatable bonds is 6. The Labute approximate surface area is 265 Å². The molecular formula is C41H51NO2. The molecule has 3 aromatic rings. The molecule has 232 valence electrons. The summed E-state index contributed by atoms with van der Waals surface area (Å²) in [5.74, 6) is 0.704. The molecule has 44 heavy (non-hydrogen) atoms. The van der Waals surface area contributed by atoms with Crippen LogP contribution in [-0.2, 0) is 20.8 Å². The predicted octanol–water partition coefficient (Wildman–Crippen LogP) is 10.7. The first-order valence-corrected chi connectivity index (χ1v) is 17.1. The molecular weight excluding hydrogens is 538 g/mol. The SMILES string of the molecule is Cc1cccc2c1C1C=C(CC(C)C)c3cc4c(cc3N1C21OC(CC(C)C)CC(CC(C)C)O1)C(C)(C)c1ccccc1-4. The number of anilines is 1. The molecule has 3 unspecified atom stereocenters. The highest BCUT2D eigenvalue weighted by Gasteiger charge is 2.59. The number of fused-ring (bicyclic) bond motifs is 10. The average molecular weight is 590 g/mol. The first-order chi connectivity index (χ1) is 20.9. The lowest BCUT2D eigenvalue weighted by atomic mass is 9.80. The van der Waals surface area contributed by atoms with Gasteiger partial charge in [-0.2, -0.15) is 0 Å². The zero-order chi connectivity index (χ0) is 31.1. The van der Waals surface area contributed by atoms with E-state index in [1.807, 2.05) is 0 Å². The van der Waals surface area contributed by atoms with Crippen LogP contribution in [0.15, 0.2) is 60.7 Å². The summed E-state index contributed by atoms with van der Waals surface area (Å²) in [7, 11) is 0. The fourth-order valence-electron chi connectivity index (χ4n) is 8.80. The number of hydrogen-bond acceptors (Lipinski definition) is 3. The van der Waals surface area contributed by atoms with Crippen molar-refractivity contribution in [3.8, 4) is 11.1 Å². The van der Waals surface area contributed by atoms with Crippen LogP contribution in [0.2, 0.25) is 0 Å². The van der Waals surface area contributed by atoms with E-state index >= 15 is 0 Å². The molecule has 3 atom stereocenters. The summed E-state index contributed by atoms with van der Waals surface area (Å²) in [6.07, 6.45) is 6.89. The Bertz CT molecular complexity index is 1610. The Hall–Kier alpha value is -2.88. The van der Waals surface area contributed by atoms with Crippen molar-refractivity contribution >= 4 is 11.3 Å². The van der Waals surface area contributed by atoms with Crippen molar-refractivity contribution in [1.82, 2.24) is 0 Å². The summed E-state index contributed by atoms with van der Waals surface area (Å²) in [4.78, 5) is 2.56. The molecule has 0 amide bonds. The van der Waals surface area contributed by atoms with Crippen molar-refractivity contribution in [2.45, 2.75) is 118 Å². The minimum Gasteiger partial charge on any atom is -0.325 e. The van der Waals surface area contributed by atoms with Crippen molar-refractivity contribution in [2.75, 3.05) is 4.90 Å². The van der Waals surface area contributed by atoms with Crippen LogP contribution >= 0.6 is 0 Å². The maximum atomic E-state index is 7.39. The third-order valence-electron chi connectivity index (χ3n) is 10.5. The Morgan fingerprint density at radius 2 is 1.41 bits per heavy atom. The summed E-state index contributed by atoms with van der Waals surface area (Å²) in [6, 6.07) is 20.8. The Morgan fingerprint density at radius 3 is 2.07 bits per heavy atom. The van der Waals surface area contributed by atoms with Gasteiger partial charge in [-0.05, 0) is 95.0 Å². The van der Waals surface area contributed by atoms with E-state index < -0.39 is 5.91 Å². The van der Waals surface area contributed by atoms with Gasteiger partial charge in [0.25, 0.3) is 5.91 Å². The van der Waals surface area contributed by atoms with Gasteiger partial charge in [-0.25, -0.2) is 0 Å². The third kappa shape index (κ3) is 4.52. The lowest BCUT2D eigenvalue weighted by molar-refractivity contribution is -0.328. The van der Waals surface area contributed by atoms with E-state index in [4.69, 9.17) is 9.47 Å². The monoisotopic (exact) mass is 589 g/mol. The molecule has 3 aromatic carbocycles. The predicted molar refractivity (Wildman–Crippen MR) is 183 cm³/mol. The molecule has 3 heteroatoms. The van der Waals surface area contributed by atoms with Crippen LogP contribution in [0, 0.1) is 24.7 Å². The van der Waals surface area contributed by atoms with Crippen molar-refractivity contribution in [3.05, 3.63) is 94.1 Å². The second-order valence-corrected chi connectivity index (χ2v) is 15.8. The molecule has 0 aromatic heterocycles. The number of aryl methyl sites for hydroxylation is 1. The lowest BCUT2D eigenvalue weighted by Crippen LogP contribution is -2.56. The van der Waals surface area contributed by atoms with Gasteiger partial charge >= 0.3 is 0 Å². The molecule has 1 aliphatic carbocycles. The first kappa shape index (κ1) is 29.8. The summed E-state index contributed by atoms with van der Waals surface area (Å²) in [5.41, 5.74) is 13.4. The molecule has 1 saturated heterocycles. The van der Waals surface area contributed by atoms with E-state index in [1.54, 1.807) is 0 Å². The number of hydrogen-bond donors (Lipinski definition) is 0. The van der Waals surface area contributed by atoms with Gasteiger partial charge in [-0.1, -0.05) is 104 Å². The zero-order valence-electron chi connectivity index (χ0n) is 28.3. The molecule has 0 radical (unpaired) electrons. The standard InChI is InChI=1S/C41H51NO2/c1-24(2)17-28-20-38-39-27(7)13-12-16-35(39)41(43-29(18-25(3)4)21-30(44-41)19-26(5)6)42(38)37-23-36-33(22-32(28)37)31-14-10-11-15-34(31)40(36,8)9/h10-16,20,22-26,29-30,38H,17-19,21H2,1-9H3. The van der Waals surface area contributed by atoms with E-state index in [-0.39, 0.29) is 23.7 Å². The molecule has 1 fully saturated rings. The van der Waals surface area contributed by atoms with Crippen LogP contribution in [0.4, 0.5) is 5.69 Å². The van der Waals surface area contributed by atoms with Crippen LogP contribution in [0.1, 0.15) is 120 Å². The van der Waals surface area contributed by atoms with Crippen molar-refractivity contribution in [3.63, 3.8) is 0 Å². The minimum atomic E-state index is -0.957. The first-order valence-electron chi connectivity index (χ1n) is 17.1.